The molecular formula is C24H27N3O5. The van der Waals surface area contributed by atoms with E-state index in [4.69, 9.17) is 19.3 Å². The van der Waals surface area contributed by atoms with Crippen molar-refractivity contribution < 1.29 is 24.1 Å². The van der Waals surface area contributed by atoms with Crippen molar-refractivity contribution in [1.82, 2.24) is 15.3 Å². The number of nitrogens with zero attached hydrogens (tertiary/aromatic N) is 1. The molecule has 2 unspecified atom stereocenters. The van der Waals surface area contributed by atoms with E-state index in [0.29, 0.717) is 25.5 Å². The molecule has 168 valence electrons. The van der Waals surface area contributed by atoms with Gasteiger partial charge in [0.25, 0.3) is 5.91 Å². The zero-order valence-electron chi connectivity index (χ0n) is 17.7. The normalized spacial score (nSPS) is 18.2. The van der Waals surface area contributed by atoms with Crippen LogP contribution >= 0.6 is 0 Å². The van der Waals surface area contributed by atoms with Crippen LogP contribution in [0.3, 0.4) is 0 Å². The summed E-state index contributed by atoms with van der Waals surface area (Å²) in [5.74, 6) is 0.559. The van der Waals surface area contributed by atoms with Crippen molar-refractivity contribution in [3.8, 4) is 0 Å². The van der Waals surface area contributed by atoms with Gasteiger partial charge in [0.2, 0.25) is 6.29 Å². The summed E-state index contributed by atoms with van der Waals surface area (Å²) in [4.78, 5) is 20.6. The average molecular weight is 437 g/mol. The lowest BCUT2D eigenvalue weighted by Gasteiger charge is -2.29. The Kier molecular flexibility index (Phi) is 7.50. The Hall–Kier alpha value is -3.20. The minimum Gasteiger partial charge on any atom is -0.459 e. The Labute approximate surface area is 186 Å². The minimum absolute atomic E-state index is 0.0136. The van der Waals surface area contributed by atoms with Crippen LogP contribution in [-0.2, 0) is 25.5 Å². The maximum absolute atomic E-state index is 12.9. The van der Waals surface area contributed by atoms with E-state index in [9.17, 15) is 4.79 Å². The number of benzene rings is 2. The molecule has 2 aromatic carbocycles. The second-order valence-electron chi connectivity index (χ2n) is 7.42. The topological polar surface area (TPSA) is 106 Å². The van der Waals surface area contributed by atoms with Gasteiger partial charge in [0.15, 0.2) is 5.76 Å². The highest BCUT2D eigenvalue weighted by atomic mass is 16.7. The number of H-pyrrole nitrogens is 1. The molecule has 1 aliphatic rings. The number of rotatable bonds is 10. The van der Waals surface area contributed by atoms with E-state index < -0.39 is 6.29 Å². The van der Waals surface area contributed by atoms with Gasteiger partial charge in [-0.2, -0.15) is 0 Å². The molecule has 0 bridgehead atoms. The van der Waals surface area contributed by atoms with E-state index in [1.807, 2.05) is 60.7 Å². The van der Waals surface area contributed by atoms with E-state index in [1.165, 1.54) is 0 Å². The molecule has 3 N–H and O–H groups in total. The SMILES string of the molecule is O=C(NCc1nc2ccccc2[nH]1)C1=CC(c2ccccc2)CC(OCCOCCO)O1. The number of aliphatic hydroxyl groups is 1. The number of aromatic nitrogens is 2. The van der Waals surface area contributed by atoms with Gasteiger partial charge in [-0.1, -0.05) is 42.5 Å². The van der Waals surface area contributed by atoms with E-state index in [0.717, 1.165) is 16.6 Å². The fourth-order valence-corrected chi connectivity index (χ4v) is 3.60. The molecular weight excluding hydrogens is 410 g/mol. The number of amides is 1. The highest BCUT2D eigenvalue weighted by Gasteiger charge is 2.28. The third kappa shape index (κ3) is 5.73. The highest BCUT2D eigenvalue weighted by Crippen LogP contribution is 2.31. The first-order chi connectivity index (χ1) is 15.7. The molecule has 0 spiro atoms. The van der Waals surface area contributed by atoms with E-state index in [2.05, 4.69) is 15.3 Å². The number of carbonyl (C=O) groups excluding carboxylic acids is 1. The number of para-hydroxylation sites is 2. The first-order valence-electron chi connectivity index (χ1n) is 10.7. The van der Waals surface area contributed by atoms with E-state index in [-0.39, 0.29) is 37.3 Å². The number of ether oxygens (including phenoxy) is 3. The maximum Gasteiger partial charge on any atom is 0.286 e. The summed E-state index contributed by atoms with van der Waals surface area (Å²) in [6.45, 7) is 1.13. The third-order valence-electron chi connectivity index (χ3n) is 5.13. The van der Waals surface area contributed by atoms with Crippen molar-refractivity contribution in [2.24, 2.45) is 0 Å². The number of hydrogen-bond acceptors (Lipinski definition) is 6. The lowest BCUT2D eigenvalue weighted by Crippen LogP contribution is -2.33. The Morgan fingerprint density at radius 2 is 1.94 bits per heavy atom. The molecule has 2 heterocycles. The van der Waals surface area contributed by atoms with E-state index in [1.54, 1.807) is 0 Å². The van der Waals surface area contributed by atoms with Gasteiger partial charge < -0.3 is 29.6 Å². The Bertz CT molecular complexity index is 1020. The number of allylic oxidation sites excluding steroid dienone is 1. The Morgan fingerprint density at radius 3 is 2.75 bits per heavy atom. The second kappa shape index (κ2) is 10.9. The largest absolute Gasteiger partial charge is 0.459 e. The van der Waals surface area contributed by atoms with Crippen molar-refractivity contribution in [3.63, 3.8) is 0 Å². The van der Waals surface area contributed by atoms with Gasteiger partial charge in [-0.15, -0.1) is 0 Å². The summed E-state index contributed by atoms with van der Waals surface area (Å²) in [5.41, 5.74) is 2.86. The summed E-state index contributed by atoms with van der Waals surface area (Å²) >= 11 is 0. The van der Waals surface area contributed by atoms with Gasteiger partial charge in [0.1, 0.15) is 5.82 Å². The molecule has 4 rings (SSSR count). The van der Waals surface area contributed by atoms with Crippen LogP contribution in [0.2, 0.25) is 0 Å². The van der Waals surface area contributed by atoms with Crippen LogP contribution in [-0.4, -0.2) is 53.7 Å². The number of aromatic amines is 1. The third-order valence-corrected chi connectivity index (χ3v) is 5.13. The predicted octanol–water partition coefficient (Wildman–Crippen LogP) is 2.62. The number of hydrogen-bond donors (Lipinski definition) is 3. The summed E-state index contributed by atoms with van der Waals surface area (Å²) in [5, 5.41) is 11.7. The zero-order valence-corrected chi connectivity index (χ0v) is 17.7. The Morgan fingerprint density at radius 1 is 1.12 bits per heavy atom. The van der Waals surface area contributed by atoms with Crippen molar-refractivity contribution in [1.29, 1.82) is 0 Å². The van der Waals surface area contributed by atoms with Gasteiger partial charge in [-0.25, -0.2) is 4.98 Å². The average Bonchev–Trinajstić information content (AvgIpc) is 3.26. The summed E-state index contributed by atoms with van der Waals surface area (Å²) in [6, 6.07) is 17.7. The number of carbonyl (C=O) groups is 1. The molecule has 3 aromatic rings. The molecule has 32 heavy (non-hydrogen) atoms. The fraction of sp³-hybridized carbons (Fsp3) is 0.333. The molecule has 1 aromatic heterocycles. The molecule has 0 fully saturated rings. The first kappa shape index (κ1) is 22.0. The van der Waals surface area contributed by atoms with Crippen LogP contribution in [0, 0.1) is 0 Å². The molecule has 0 saturated carbocycles. The molecule has 8 heteroatoms. The Balaban J connectivity index is 1.41. The smallest absolute Gasteiger partial charge is 0.286 e. The quantitative estimate of drug-likeness (QED) is 0.421. The van der Waals surface area contributed by atoms with Crippen LogP contribution in [0.1, 0.15) is 23.7 Å². The standard InChI is InChI=1S/C24H27N3O5/c28-10-11-30-12-13-31-23-15-18(17-6-2-1-3-7-17)14-21(32-23)24(29)25-16-22-26-19-8-4-5-9-20(19)27-22/h1-9,14,18,23,28H,10-13,15-16H2,(H,25,29)(H,26,27). The second-order valence-corrected chi connectivity index (χ2v) is 7.42. The molecule has 1 amide bonds. The molecule has 0 aliphatic carbocycles. The van der Waals surface area contributed by atoms with Gasteiger partial charge in [-0.3, -0.25) is 4.79 Å². The lowest BCUT2D eigenvalue weighted by atomic mass is 9.93. The van der Waals surface area contributed by atoms with Gasteiger partial charge in [0, 0.05) is 12.3 Å². The molecule has 2 atom stereocenters. The summed E-state index contributed by atoms with van der Waals surface area (Å²) in [6.07, 6.45) is 1.85. The van der Waals surface area contributed by atoms with Gasteiger partial charge in [-0.05, 0) is 23.8 Å². The summed E-state index contributed by atoms with van der Waals surface area (Å²) in [7, 11) is 0. The predicted molar refractivity (Wildman–Crippen MR) is 119 cm³/mol. The van der Waals surface area contributed by atoms with Gasteiger partial charge in [0.05, 0.1) is 44.0 Å². The number of aliphatic hydroxyl groups excluding tert-OH is 1. The highest BCUT2D eigenvalue weighted by molar-refractivity contribution is 5.91. The molecule has 1 aliphatic heterocycles. The van der Waals surface area contributed by atoms with E-state index >= 15 is 0 Å². The number of nitrogens with one attached hydrogen (secondary N) is 2. The van der Waals surface area contributed by atoms with Crippen LogP contribution in [0.25, 0.3) is 11.0 Å². The first-order valence-corrected chi connectivity index (χ1v) is 10.7. The summed E-state index contributed by atoms with van der Waals surface area (Å²) < 4.78 is 16.9. The number of fused-ring (bicyclic) bond motifs is 1. The number of imidazole rings is 1. The van der Waals surface area contributed by atoms with Crippen LogP contribution in [0.4, 0.5) is 0 Å². The maximum atomic E-state index is 12.9. The lowest BCUT2D eigenvalue weighted by molar-refractivity contribution is -0.151. The molecule has 0 radical (unpaired) electrons. The van der Waals surface area contributed by atoms with Crippen LogP contribution < -0.4 is 5.32 Å². The van der Waals surface area contributed by atoms with Crippen LogP contribution in [0.15, 0.2) is 66.4 Å². The van der Waals surface area contributed by atoms with Crippen molar-refractivity contribution in [2.45, 2.75) is 25.2 Å². The molecule has 8 nitrogen and oxygen atoms in total. The monoisotopic (exact) mass is 437 g/mol. The molecule has 0 saturated heterocycles. The minimum atomic E-state index is -0.574. The fourth-order valence-electron chi connectivity index (χ4n) is 3.60. The van der Waals surface area contributed by atoms with Crippen molar-refractivity contribution in [3.05, 3.63) is 77.8 Å². The zero-order chi connectivity index (χ0) is 22.2. The van der Waals surface area contributed by atoms with Gasteiger partial charge >= 0.3 is 0 Å². The van der Waals surface area contributed by atoms with Crippen molar-refractivity contribution in [2.75, 3.05) is 26.4 Å². The van der Waals surface area contributed by atoms with Crippen molar-refractivity contribution >= 4 is 16.9 Å². The van der Waals surface area contributed by atoms with Crippen LogP contribution in [0.5, 0.6) is 0 Å².